The first-order valence-electron chi connectivity index (χ1n) is 4.36. The van der Waals surface area contributed by atoms with E-state index in [4.69, 9.17) is 10.5 Å². The molecule has 0 fully saturated rings. The number of rotatable bonds is 4. The Morgan fingerprint density at radius 2 is 2.29 bits per heavy atom. The Morgan fingerprint density at radius 1 is 1.57 bits per heavy atom. The third-order valence-corrected chi connectivity index (χ3v) is 2.58. The Bertz CT molecular complexity index is 306. The summed E-state index contributed by atoms with van der Waals surface area (Å²) in [5.74, 6) is 0.702. The zero-order chi connectivity index (χ0) is 10.6. The van der Waals surface area contributed by atoms with Gasteiger partial charge >= 0.3 is 0 Å². The summed E-state index contributed by atoms with van der Waals surface area (Å²) in [5, 5.41) is 0. The number of alkyl halides is 1. The zero-order valence-corrected chi connectivity index (χ0v) is 9.55. The van der Waals surface area contributed by atoms with E-state index in [1.165, 1.54) is 0 Å². The SMILES string of the molecule is COc1ccc(C(F)CCN)cc1Br. The molecular formula is C10H13BrFNO. The molecule has 0 spiro atoms. The summed E-state index contributed by atoms with van der Waals surface area (Å²) in [6.07, 6.45) is -0.652. The molecule has 2 nitrogen and oxygen atoms in total. The minimum absolute atomic E-state index is 0.346. The second-order valence-electron chi connectivity index (χ2n) is 2.94. The van der Waals surface area contributed by atoms with Crippen LogP contribution in [-0.2, 0) is 0 Å². The number of hydrogen-bond donors (Lipinski definition) is 1. The Labute approximate surface area is 91.4 Å². The van der Waals surface area contributed by atoms with Crippen molar-refractivity contribution in [3.8, 4) is 5.75 Å². The second-order valence-corrected chi connectivity index (χ2v) is 3.79. The highest BCUT2D eigenvalue weighted by atomic mass is 79.9. The van der Waals surface area contributed by atoms with E-state index in [2.05, 4.69) is 15.9 Å². The fraction of sp³-hybridized carbons (Fsp3) is 0.400. The molecule has 0 amide bonds. The number of ether oxygens (including phenoxy) is 1. The van der Waals surface area contributed by atoms with Gasteiger partial charge in [-0.3, -0.25) is 0 Å². The number of benzene rings is 1. The van der Waals surface area contributed by atoms with Crippen LogP contribution in [-0.4, -0.2) is 13.7 Å². The van der Waals surface area contributed by atoms with Crippen LogP contribution in [0.5, 0.6) is 5.75 Å². The van der Waals surface area contributed by atoms with Crippen LogP contribution in [0.1, 0.15) is 18.2 Å². The molecule has 0 aliphatic rings. The largest absolute Gasteiger partial charge is 0.496 e. The highest BCUT2D eigenvalue weighted by Gasteiger charge is 2.10. The molecule has 0 aromatic heterocycles. The molecule has 2 N–H and O–H groups in total. The van der Waals surface area contributed by atoms with Crippen molar-refractivity contribution in [2.75, 3.05) is 13.7 Å². The van der Waals surface area contributed by atoms with Gasteiger partial charge in [-0.15, -0.1) is 0 Å². The van der Waals surface area contributed by atoms with Crippen molar-refractivity contribution in [2.45, 2.75) is 12.6 Å². The summed E-state index contributed by atoms with van der Waals surface area (Å²) in [4.78, 5) is 0. The monoisotopic (exact) mass is 261 g/mol. The van der Waals surface area contributed by atoms with Crippen LogP contribution in [0.2, 0.25) is 0 Å². The molecule has 14 heavy (non-hydrogen) atoms. The Balaban J connectivity index is 2.85. The molecule has 4 heteroatoms. The van der Waals surface area contributed by atoms with E-state index in [1.807, 2.05) is 0 Å². The molecular weight excluding hydrogens is 249 g/mol. The summed E-state index contributed by atoms with van der Waals surface area (Å²) in [6.45, 7) is 0.352. The summed E-state index contributed by atoms with van der Waals surface area (Å²) >= 11 is 3.30. The number of halogens is 2. The summed E-state index contributed by atoms with van der Waals surface area (Å²) < 4.78 is 19.2. The van der Waals surface area contributed by atoms with E-state index < -0.39 is 6.17 Å². The first-order valence-corrected chi connectivity index (χ1v) is 5.16. The average molecular weight is 262 g/mol. The Hall–Kier alpha value is -0.610. The molecule has 0 radical (unpaired) electrons. The molecule has 0 saturated carbocycles. The lowest BCUT2D eigenvalue weighted by Gasteiger charge is -2.09. The standard InChI is InChI=1S/C10H13BrFNO/c1-14-10-3-2-7(6-8(10)11)9(12)4-5-13/h2-3,6,9H,4-5,13H2,1H3. The van der Waals surface area contributed by atoms with Gasteiger partial charge in [-0.2, -0.15) is 0 Å². The van der Waals surface area contributed by atoms with Crippen LogP contribution in [0.4, 0.5) is 4.39 Å². The lowest BCUT2D eigenvalue weighted by molar-refractivity contribution is 0.327. The molecule has 0 saturated heterocycles. The molecule has 1 atom stereocenters. The topological polar surface area (TPSA) is 35.2 Å². The summed E-state index contributed by atoms with van der Waals surface area (Å²) in [6, 6.07) is 5.17. The van der Waals surface area contributed by atoms with E-state index in [9.17, 15) is 4.39 Å². The molecule has 1 rings (SSSR count). The Morgan fingerprint density at radius 3 is 2.79 bits per heavy atom. The van der Waals surface area contributed by atoms with Gasteiger partial charge in [-0.1, -0.05) is 6.07 Å². The highest BCUT2D eigenvalue weighted by Crippen LogP contribution is 2.30. The molecule has 1 aromatic carbocycles. The van der Waals surface area contributed by atoms with Gasteiger partial charge in [0.05, 0.1) is 11.6 Å². The molecule has 78 valence electrons. The van der Waals surface area contributed by atoms with Crippen molar-refractivity contribution >= 4 is 15.9 Å². The van der Waals surface area contributed by atoms with Crippen LogP contribution >= 0.6 is 15.9 Å². The minimum Gasteiger partial charge on any atom is -0.496 e. The lowest BCUT2D eigenvalue weighted by Crippen LogP contribution is -2.03. The van der Waals surface area contributed by atoms with Crippen molar-refractivity contribution in [3.05, 3.63) is 28.2 Å². The predicted molar refractivity (Wildman–Crippen MR) is 58.2 cm³/mol. The third-order valence-electron chi connectivity index (χ3n) is 1.96. The van der Waals surface area contributed by atoms with Crippen molar-refractivity contribution in [1.29, 1.82) is 0 Å². The van der Waals surface area contributed by atoms with Gasteiger partial charge in [0.2, 0.25) is 0 Å². The van der Waals surface area contributed by atoms with E-state index in [-0.39, 0.29) is 0 Å². The maximum atomic E-state index is 13.4. The van der Waals surface area contributed by atoms with Crippen LogP contribution < -0.4 is 10.5 Å². The fourth-order valence-corrected chi connectivity index (χ4v) is 1.75. The normalized spacial score (nSPS) is 12.6. The molecule has 1 unspecified atom stereocenters. The van der Waals surface area contributed by atoms with Gasteiger partial charge < -0.3 is 10.5 Å². The predicted octanol–water partition coefficient (Wildman–Crippen LogP) is 2.82. The first-order chi connectivity index (χ1) is 6.69. The summed E-state index contributed by atoms with van der Waals surface area (Å²) in [7, 11) is 1.58. The highest BCUT2D eigenvalue weighted by molar-refractivity contribution is 9.10. The fourth-order valence-electron chi connectivity index (χ4n) is 1.19. The second kappa shape index (κ2) is 5.32. The first kappa shape index (κ1) is 11.5. The Kier molecular flexibility index (Phi) is 4.35. The van der Waals surface area contributed by atoms with E-state index in [0.717, 1.165) is 4.47 Å². The lowest BCUT2D eigenvalue weighted by atomic mass is 10.1. The van der Waals surface area contributed by atoms with Gasteiger partial charge in [0.25, 0.3) is 0 Å². The van der Waals surface area contributed by atoms with Crippen LogP contribution in [0.3, 0.4) is 0 Å². The zero-order valence-electron chi connectivity index (χ0n) is 7.97. The van der Waals surface area contributed by atoms with Crippen molar-refractivity contribution < 1.29 is 9.13 Å². The van der Waals surface area contributed by atoms with Gasteiger partial charge in [-0.25, -0.2) is 4.39 Å². The number of hydrogen-bond acceptors (Lipinski definition) is 2. The maximum absolute atomic E-state index is 13.4. The van der Waals surface area contributed by atoms with Gasteiger partial charge in [0, 0.05) is 0 Å². The van der Waals surface area contributed by atoms with E-state index in [0.29, 0.717) is 24.3 Å². The smallest absolute Gasteiger partial charge is 0.133 e. The van der Waals surface area contributed by atoms with Crippen molar-refractivity contribution in [3.63, 3.8) is 0 Å². The maximum Gasteiger partial charge on any atom is 0.133 e. The summed E-state index contributed by atoms with van der Waals surface area (Å²) in [5.41, 5.74) is 5.91. The number of methoxy groups -OCH3 is 1. The van der Waals surface area contributed by atoms with Crippen molar-refractivity contribution in [2.24, 2.45) is 5.73 Å². The van der Waals surface area contributed by atoms with Gasteiger partial charge in [0.1, 0.15) is 11.9 Å². The molecule has 0 aliphatic heterocycles. The number of nitrogens with two attached hydrogens (primary N) is 1. The molecule has 0 bridgehead atoms. The van der Waals surface area contributed by atoms with Crippen LogP contribution in [0, 0.1) is 0 Å². The minimum atomic E-state index is -0.998. The van der Waals surface area contributed by atoms with Crippen LogP contribution in [0.15, 0.2) is 22.7 Å². The van der Waals surface area contributed by atoms with Crippen LogP contribution in [0.25, 0.3) is 0 Å². The average Bonchev–Trinajstić information content (AvgIpc) is 2.18. The molecule has 0 heterocycles. The van der Waals surface area contributed by atoms with E-state index >= 15 is 0 Å². The van der Waals surface area contributed by atoms with Crippen molar-refractivity contribution in [1.82, 2.24) is 0 Å². The molecule has 0 aliphatic carbocycles. The van der Waals surface area contributed by atoms with E-state index in [1.54, 1.807) is 25.3 Å². The van der Waals surface area contributed by atoms with Gasteiger partial charge in [-0.05, 0) is 46.6 Å². The molecule has 1 aromatic rings. The van der Waals surface area contributed by atoms with Gasteiger partial charge in [0.15, 0.2) is 0 Å². The quantitative estimate of drug-likeness (QED) is 0.905. The third kappa shape index (κ3) is 2.69.